The van der Waals surface area contributed by atoms with Crippen LogP contribution in [0.3, 0.4) is 0 Å². The van der Waals surface area contributed by atoms with Gasteiger partial charge in [0.15, 0.2) is 14.1 Å². The van der Waals surface area contributed by atoms with Gasteiger partial charge in [-0.1, -0.05) is 27.7 Å². The van der Waals surface area contributed by atoms with Crippen molar-refractivity contribution in [1.82, 2.24) is 0 Å². The van der Waals surface area contributed by atoms with E-state index in [9.17, 15) is 0 Å². The first-order valence-corrected chi connectivity index (χ1v) is 12.9. The molecule has 0 aromatic carbocycles. The molecule has 2 rings (SSSR count). The summed E-state index contributed by atoms with van der Waals surface area (Å²) < 4.78 is 24.0. The number of hydrogen-bond acceptors (Lipinski definition) is 4. The van der Waals surface area contributed by atoms with Crippen LogP contribution >= 0.6 is 0 Å². The second kappa shape index (κ2) is 7.57. The lowest BCUT2D eigenvalue weighted by Gasteiger charge is -2.57. The zero-order chi connectivity index (χ0) is 19.8. The van der Waals surface area contributed by atoms with E-state index in [2.05, 4.69) is 40.8 Å². The van der Waals surface area contributed by atoms with E-state index in [1.165, 1.54) is 5.57 Å². The maximum absolute atomic E-state index is 6.97. The second-order valence-corrected chi connectivity index (χ2v) is 14.7. The summed E-state index contributed by atoms with van der Waals surface area (Å²) in [6.45, 7) is 14.1. The van der Waals surface area contributed by atoms with Crippen molar-refractivity contribution < 1.29 is 18.6 Å². The Balaban J connectivity index is 2.35. The van der Waals surface area contributed by atoms with Gasteiger partial charge >= 0.3 is 0 Å². The van der Waals surface area contributed by atoms with Crippen LogP contribution in [0.15, 0.2) is 11.8 Å². The molecule has 2 saturated carbocycles. The lowest BCUT2D eigenvalue weighted by atomic mass is 9.56. The topological polar surface area (TPSA) is 36.9 Å². The molecule has 0 radical (unpaired) electrons. The van der Waals surface area contributed by atoms with Crippen LogP contribution in [-0.2, 0) is 18.6 Å². The second-order valence-electron chi connectivity index (χ2n) is 9.92. The Bertz CT molecular complexity index is 519. The number of allylic oxidation sites excluding steroid dienone is 1. The fourth-order valence-electron chi connectivity index (χ4n) is 4.49. The Morgan fingerprint density at radius 3 is 2.19 bits per heavy atom. The number of hydrogen-bond donors (Lipinski definition) is 0. The van der Waals surface area contributed by atoms with Crippen LogP contribution in [0.5, 0.6) is 0 Å². The predicted molar refractivity (Wildman–Crippen MR) is 109 cm³/mol. The molecule has 0 N–H and O–H groups in total. The Hall–Kier alpha value is -0.363. The molecule has 2 aliphatic rings. The van der Waals surface area contributed by atoms with Crippen LogP contribution in [0.4, 0.5) is 0 Å². The highest BCUT2D eigenvalue weighted by Gasteiger charge is 2.56. The minimum Gasteiger partial charge on any atom is -0.504 e. The summed E-state index contributed by atoms with van der Waals surface area (Å²) >= 11 is 0. The van der Waals surface area contributed by atoms with E-state index in [1.807, 2.05) is 6.26 Å². The molecule has 0 aromatic rings. The van der Waals surface area contributed by atoms with E-state index in [-0.39, 0.29) is 16.6 Å². The molecular formula is C21H40O4Si. The molecule has 0 bridgehead atoms. The summed E-state index contributed by atoms with van der Waals surface area (Å²) in [6, 6.07) is 0. The van der Waals surface area contributed by atoms with Crippen molar-refractivity contribution >= 4 is 8.32 Å². The Morgan fingerprint density at radius 1 is 1.08 bits per heavy atom. The van der Waals surface area contributed by atoms with Crippen molar-refractivity contribution in [2.75, 3.05) is 21.3 Å². The van der Waals surface area contributed by atoms with Crippen LogP contribution in [0.25, 0.3) is 0 Å². The molecule has 0 amide bonds. The highest BCUT2D eigenvalue weighted by Crippen LogP contribution is 2.57. The van der Waals surface area contributed by atoms with Gasteiger partial charge in [-0.3, -0.25) is 0 Å². The maximum Gasteiger partial charge on any atom is 0.192 e. The van der Waals surface area contributed by atoms with Gasteiger partial charge in [0, 0.05) is 27.1 Å². The molecular weight excluding hydrogens is 344 g/mol. The first-order chi connectivity index (χ1) is 11.9. The maximum atomic E-state index is 6.97. The fourth-order valence-corrected chi connectivity index (χ4v) is 5.95. The van der Waals surface area contributed by atoms with Crippen LogP contribution in [-0.4, -0.2) is 41.5 Å². The normalized spacial score (nSPS) is 33.8. The monoisotopic (exact) mass is 384 g/mol. The number of methoxy groups -OCH3 is 3. The van der Waals surface area contributed by atoms with Crippen molar-refractivity contribution in [3.05, 3.63) is 11.8 Å². The molecule has 2 aliphatic carbocycles. The van der Waals surface area contributed by atoms with E-state index < -0.39 is 14.1 Å². The lowest BCUT2D eigenvalue weighted by Crippen LogP contribution is -2.57. The average Bonchev–Trinajstić information content (AvgIpc) is 2.56. The van der Waals surface area contributed by atoms with Gasteiger partial charge in [0.05, 0.1) is 19.5 Å². The summed E-state index contributed by atoms with van der Waals surface area (Å²) in [5, 5.41) is 0.221. The van der Waals surface area contributed by atoms with Crippen molar-refractivity contribution in [2.24, 2.45) is 11.3 Å². The molecule has 0 heterocycles. The van der Waals surface area contributed by atoms with Gasteiger partial charge in [0.1, 0.15) is 0 Å². The van der Waals surface area contributed by atoms with Crippen LogP contribution in [0, 0.1) is 11.3 Å². The third-order valence-electron chi connectivity index (χ3n) is 7.49. The summed E-state index contributed by atoms with van der Waals surface area (Å²) in [5.74, 6) is -0.129. The molecule has 5 heteroatoms. The summed E-state index contributed by atoms with van der Waals surface area (Å²) in [6.07, 6.45) is 7.15. The van der Waals surface area contributed by atoms with Crippen molar-refractivity contribution in [3.8, 4) is 0 Å². The highest BCUT2D eigenvalue weighted by molar-refractivity contribution is 6.74. The van der Waals surface area contributed by atoms with Crippen LogP contribution in [0.2, 0.25) is 18.1 Å². The number of fused-ring (bicyclic) bond motifs is 1. The van der Waals surface area contributed by atoms with Gasteiger partial charge in [0.25, 0.3) is 0 Å². The smallest absolute Gasteiger partial charge is 0.192 e. The summed E-state index contributed by atoms with van der Waals surface area (Å²) in [5.41, 5.74) is 1.47. The van der Waals surface area contributed by atoms with E-state index in [1.54, 1.807) is 21.3 Å². The third-order valence-corrected chi connectivity index (χ3v) is 12.0. The van der Waals surface area contributed by atoms with Crippen molar-refractivity contribution in [2.45, 2.75) is 89.8 Å². The molecule has 0 spiro atoms. The standard InChI is InChI=1S/C21H40O4Si/c1-19(2,3)26(8,9)25-18-11-10-16(15-22-5)17-14-21(23-6,24-7)13-12-20(17,18)4/h15,17-18H,10-14H2,1-9H3/b16-15+/t17-,18+,20+/m0/s1. The highest BCUT2D eigenvalue weighted by atomic mass is 28.4. The first kappa shape index (κ1) is 21.9. The number of ether oxygens (including phenoxy) is 3. The molecule has 4 nitrogen and oxygen atoms in total. The Labute approximate surface area is 161 Å². The quantitative estimate of drug-likeness (QED) is 0.356. The average molecular weight is 385 g/mol. The van der Waals surface area contributed by atoms with E-state index in [0.29, 0.717) is 5.92 Å². The predicted octanol–water partition coefficient (Wildman–Crippen LogP) is 5.50. The van der Waals surface area contributed by atoms with Gasteiger partial charge in [-0.05, 0) is 54.3 Å². The van der Waals surface area contributed by atoms with Crippen LogP contribution < -0.4 is 0 Å². The molecule has 26 heavy (non-hydrogen) atoms. The molecule has 3 atom stereocenters. The molecule has 0 aromatic heterocycles. The van der Waals surface area contributed by atoms with Gasteiger partial charge in [-0.25, -0.2) is 0 Å². The van der Waals surface area contributed by atoms with Crippen molar-refractivity contribution in [1.29, 1.82) is 0 Å². The minimum absolute atomic E-state index is 0.0959. The van der Waals surface area contributed by atoms with E-state index in [4.69, 9.17) is 18.6 Å². The zero-order valence-corrected chi connectivity index (χ0v) is 19.4. The largest absolute Gasteiger partial charge is 0.504 e. The van der Waals surface area contributed by atoms with Gasteiger partial charge in [0.2, 0.25) is 0 Å². The van der Waals surface area contributed by atoms with E-state index in [0.717, 1.165) is 32.1 Å². The molecule has 152 valence electrons. The van der Waals surface area contributed by atoms with Gasteiger partial charge in [-0.15, -0.1) is 0 Å². The number of rotatable bonds is 5. The SMILES string of the molecule is CO/C=C1\CC[C@@H](O[Si](C)(C)C(C)(C)C)[C@]2(C)CCC(OC)(OC)C[C@@H]12. The first-order valence-electron chi connectivity index (χ1n) is 9.94. The van der Waals surface area contributed by atoms with E-state index >= 15 is 0 Å². The molecule has 0 saturated heterocycles. The molecule has 0 unspecified atom stereocenters. The Kier molecular flexibility index (Phi) is 6.39. The minimum atomic E-state index is -1.82. The Morgan fingerprint density at radius 2 is 1.69 bits per heavy atom. The van der Waals surface area contributed by atoms with Crippen LogP contribution in [0.1, 0.15) is 59.8 Å². The zero-order valence-electron chi connectivity index (χ0n) is 18.4. The van der Waals surface area contributed by atoms with Crippen molar-refractivity contribution in [3.63, 3.8) is 0 Å². The van der Waals surface area contributed by atoms with Gasteiger partial charge < -0.3 is 18.6 Å². The third kappa shape index (κ3) is 3.91. The molecule has 0 aliphatic heterocycles. The fraction of sp³-hybridized carbons (Fsp3) is 0.905. The van der Waals surface area contributed by atoms with Gasteiger partial charge in [-0.2, -0.15) is 0 Å². The summed E-state index contributed by atoms with van der Waals surface area (Å²) in [7, 11) is 3.44. The molecule has 2 fully saturated rings. The lowest BCUT2D eigenvalue weighted by molar-refractivity contribution is -0.251. The summed E-state index contributed by atoms with van der Waals surface area (Å²) in [4.78, 5) is 0.